The lowest BCUT2D eigenvalue weighted by molar-refractivity contribution is -0.136. The molecule has 0 aliphatic carbocycles. The summed E-state index contributed by atoms with van der Waals surface area (Å²) in [7, 11) is 0. The molecule has 1 amide bonds. The van der Waals surface area contributed by atoms with E-state index in [1.807, 2.05) is 22.8 Å². The fraction of sp³-hybridized carbons (Fsp3) is 0.400. The Hall–Kier alpha value is -3.22. The first-order valence-corrected chi connectivity index (χ1v) is 11.4. The van der Waals surface area contributed by atoms with Crippen molar-refractivity contribution >= 4 is 11.6 Å². The van der Waals surface area contributed by atoms with E-state index in [-0.39, 0.29) is 17.6 Å². The summed E-state index contributed by atoms with van der Waals surface area (Å²) in [6.07, 6.45) is 3.26. The van der Waals surface area contributed by atoms with Gasteiger partial charge in [0, 0.05) is 38.2 Å². The zero-order chi connectivity index (χ0) is 22.1. The van der Waals surface area contributed by atoms with Gasteiger partial charge in [-0.3, -0.25) is 4.79 Å². The van der Waals surface area contributed by atoms with Crippen LogP contribution in [0, 0.1) is 11.7 Å². The zero-order valence-corrected chi connectivity index (χ0v) is 18.3. The SMILES string of the molecule is CCc1noc(-c2ccc(N3CCCC(C(=O)N4CCc5ccccc5C4)C3)c(F)c2)n1. The number of hydrogen-bond donors (Lipinski definition) is 0. The molecule has 166 valence electrons. The molecule has 2 aromatic carbocycles. The van der Waals surface area contributed by atoms with Crippen molar-refractivity contribution in [3.63, 3.8) is 0 Å². The average Bonchev–Trinajstić information content (AvgIpc) is 3.33. The second-order valence-electron chi connectivity index (χ2n) is 8.60. The normalized spacial score (nSPS) is 18.5. The van der Waals surface area contributed by atoms with Crippen LogP contribution in [0.3, 0.4) is 0 Å². The van der Waals surface area contributed by atoms with Crippen LogP contribution in [-0.4, -0.2) is 40.6 Å². The third-order valence-corrected chi connectivity index (χ3v) is 6.53. The van der Waals surface area contributed by atoms with Gasteiger partial charge in [0.2, 0.25) is 5.91 Å². The van der Waals surface area contributed by atoms with E-state index < -0.39 is 0 Å². The lowest BCUT2D eigenvalue weighted by atomic mass is 9.93. The topological polar surface area (TPSA) is 62.5 Å². The molecular formula is C25H27FN4O2. The molecule has 0 bridgehead atoms. The third kappa shape index (κ3) is 3.99. The molecule has 0 radical (unpaired) electrons. The molecule has 1 atom stereocenters. The minimum absolute atomic E-state index is 0.115. The van der Waals surface area contributed by atoms with Crippen molar-refractivity contribution < 1.29 is 13.7 Å². The highest BCUT2D eigenvalue weighted by Gasteiger charge is 2.31. The number of benzene rings is 2. The molecule has 3 aromatic rings. The van der Waals surface area contributed by atoms with E-state index in [2.05, 4.69) is 28.3 Å². The molecule has 1 aromatic heterocycles. The van der Waals surface area contributed by atoms with Crippen molar-refractivity contribution in [3.05, 3.63) is 65.2 Å². The third-order valence-electron chi connectivity index (χ3n) is 6.53. The molecule has 1 fully saturated rings. The monoisotopic (exact) mass is 434 g/mol. The summed E-state index contributed by atoms with van der Waals surface area (Å²) < 4.78 is 20.3. The van der Waals surface area contributed by atoms with Crippen molar-refractivity contribution in [2.75, 3.05) is 24.5 Å². The Morgan fingerprint density at radius 1 is 1.19 bits per heavy atom. The van der Waals surface area contributed by atoms with Crippen LogP contribution >= 0.6 is 0 Å². The summed E-state index contributed by atoms with van der Waals surface area (Å²) in [6, 6.07) is 13.3. The quantitative estimate of drug-likeness (QED) is 0.615. The van der Waals surface area contributed by atoms with Crippen molar-refractivity contribution in [3.8, 4) is 11.5 Å². The van der Waals surface area contributed by atoms with Gasteiger partial charge in [-0.1, -0.05) is 36.3 Å². The Morgan fingerprint density at radius 2 is 2.03 bits per heavy atom. The van der Waals surface area contributed by atoms with Crippen LogP contribution in [-0.2, 0) is 24.2 Å². The number of hydrogen-bond acceptors (Lipinski definition) is 5. The second kappa shape index (κ2) is 8.73. The minimum atomic E-state index is -0.334. The van der Waals surface area contributed by atoms with Gasteiger partial charge in [0.05, 0.1) is 11.6 Å². The number of halogens is 1. The number of aromatic nitrogens is 2. The molecule has 0 spiro atoms. The van der Waals surface area contributed by atoms with E-state index in [9.17, 15) is 4.79 Å². The van der Waals surface area contributed by atoms with Crippen LogP contribution < -0.4 is 4.90 Å². The van der Waals surface area contributed by atoms with Crippen LogP contribution in [0.15, 0.2) is 47.0 Å². The fourth-order valence-electron chi connectivity index (χ4n) is 4.75. The van der Waals surface area contributed by atoms with Crippen molar-refractivity contribution in [2.45, 2.75) is 39.2 Å². The summed E-state index contributed by atoms with van der Waals surface area (Å²) in [5, 5.41) is 3.88. The van der Waals surface area contributed by atoms with Crippen LogP contribution in [0.2, 0.25) is 0 Å². The van der Waals surface area contributed by atoms with Crippen molar-refractivity contribution in [1.82, 2.24) is 15.0 Å². The smallest absolute Gasteiger partial charge is 0.258 e. The lowest BCUT2D eigenvalue weighted by Gasteiger charge is -2.37. The summed E-state index contributed by atoms with van der Waals surface area (Å²) in [6.45, 7) is 4.63. The Bertz CT molecular complexity index is 1130. The molecular weight excluding hydrogens is 407 g/mol. The van der Waals surface area contributed by atoms with E-state index in [0.717, 1.165) is 32.4 Å². The predicted molar refractivity (Wildman–Crippen MR) is 120 cm³/mol. The Labute approximate surface area is 187 Å². The fourth-order valence-corrected chi connectivity index (χ4v) is 4.75. The predicted octanol–water partition coefficient (Wildman–Crippen LogP) is 4.24. The van der Waals surface area contributed by atoms with Gasteiger partial charge in [-0.15, -0.1) is 0 Å². The maximum atomic E-state index is 15.0. The van der Waals surface area contributed by atoms with Gasteiger partial charge in [-0.25, -0.2) is 4.39 Å². The van der Waals surface area contributed by atoms with Crippen molar-refractivity contribution in [2.24, 2.45) is 5.92 Å². The van der Waals surface area contributed by atoms with Crippen LogP contribution in [0.1, 0.15) is 36.7 Å². The van der Waals surface area contributed by atoms with Gasteiger partial charge in [-0.05, 0) is 48.6 Å². The minimum Gasteiger partial charge on any atom is -0.368 e. The number of carbonyl (C=O) groups is 1. The first-order valence-electron chi connectivity index (χ1n) is 11.4. The molecule has 1 saturated heterocycles. The molecule has 7 heteroatoms. The maximum absolute atomic E-state index is 15.0. The summed E-state index contributed by atoms with van der Waals surface area (Å²) >= 11 is 0. The molecule has 0 N–H and O–H groups in total. The van der Waals surface area contributed by atoms with Crippen LogP contribution in [0.25, 0.3) is 11.5 Å². The standard InChI is InChI=1S/C25H27FN4O2/c1-2-23-27-24(32-28-23)18-9-10-22(21(26)14-18)29-12-5-8-20(16-29)25(31)30-13-11-17-6-3-4-7-19(17)15-30/h3-4,6-7,9-10,14,20H,2,5,8,11-13,15-16H2,1H3. The summed E-state index contributed by atoms with van der Waals surface area (Å²) in [5.74, 6) is 0.653. The highest BCUT2D eigenvalue weighted by molar-refractivity contribution is 5.80. The number of carbonyl (C=O) groups excluding carboxylic acids is 1. The number of piperidine rings is 1. The van der Waals surface area contributed by atoms with Crippen molar-refractivity contribution in [1.29, 1.82) is 0 Å². The van der Waals surface area contributed by atoms with E-state index in [0.29, 0.717) is 42.5 Å². The van der Waals surface area contributed by atoms with Crippen LogP contribution in [0.5, 0.6) is 0 Å². The lowest BCUT2D eigenvalue weighted by Crippen LogP contribution is -2.46. The highest BCUT2D eigenvalue weighted by Crippen LogP contribution is 2.30. The Morgan fingerprint density at radius 3 is 2.81 bits per heavy atom. The maximum Gasteiger partial charge on any atom is 0.258 e. The van der Waals surface area contributed by atoms with E-state index >= 15 is 4.39 Å². The van der Waals surface area contributed by atoms with Gasteiger partial charge in [0.25, 0.3) is 5.89 Å². The molecule has 5 rings (SSSR count). The van der Waals surface area contributed by atoms with Gasteiger partial charge in [0.15, 0.2) is 5.82 Å². The number of rotatable bonds is 4. The first kappa shape index (κ1) is 20.7. The zero-order valence-electron chi connectivity index (χ0n) is 18.3. The highest BCUT2D eigenvalue weighted by atomic mass is 19.1. The van der Waals surface area contributed by atoms with Gasteiger partial charge < -0.3 is 14.3 Å². The largest absolute Gasteiger partial charge is 0.368 e. The molecule has 6 nitrogen and oxygen atoms in total. The van der Waals surface area contributed by atoms with E-state index in [1.54, 1.807) is 12.1 Å². The second-order valence-corrected chi connectivity index (χ2v) is 8.60. The van der Waals surface area contributed by atoms with E-state index in [4.69, 9.17) is 4.52 Å². The van der Waals surface area contributed by atoms with Gasteiger partial charge >= 0.3 is 0 Å². The molecule has 32 heavy (non-hydrogen) atoms. The number of anilines is 1. The Kier molecular flexibility index (Phi) is 5.64. The summed E-state index contributed by atoms with van der Waals surface area (Å²) in [4.78, 5) is 21.5. The molecule has 0 saturated carbocycles. The number of nitrogens with zero attached hydrogens (tertiary/aromatic N) is 4. The van der Waals surface area contributed by atoms with Gasteiger partial charge in [0.1, 0.15) is 5.82 Å². The van der Waals surface area contributed by atoms with Gasteiger partial charge in [-0.2, -0.15) is 4.98 Å². The average molecular weight is 435 g/mol. The number of amides is 1. The Balaban J connectivity index is 1.29. The molecule has 2 aliphatic rings. The summed E-state index contributed by atoms with van der Waals surface area (Å²) in [5.41, 5.74) is 3.64. The number of fused-ring (bicyclic) bond motifs is 1. The molecule has 2 aliphatic heterocycles. The van der Waals surface area contributed by atoms with E-state index in [1.165, 1.54) is 17.2 Å². The number of aryl methyl sites for hydroxylation is 1. The molecule has 3 heterocycles. The molecule has 1 unspecified atom stereocenters. The first-order chi connectivity index (χ1) is 15.6. The van der Waals surface area contributed by atoms with Crippen LogP contribution in [0.4, 0.5) is 10.1 Å².